The first-order valence-corrected chi connectivity index (χ1v) is 3.57. The smallest absolute Gasteiger partial charge is 0.162 e. The van der Waals surface area contributed by atoms with E-state index in [2.05, 4.69) is 0 Å². The Morgan fingerprint density at radius 2 is 1.75 bits per heavy atom. The molecule has 68 valence electrons. The van der Waals surface area contributed by atoms with Crippen LogP contribution in [0.5, 0.6) is 0 Å². The minimum Gasteiger partial charge on any atom is -0.204 e. The summed E-state index contributed by atoms with van der Waals surface area (Å²) in [7, 11) is 0. The van der Waals surface area contributed by atoms with Crippen molar-refractivity contribution in [2.24, 2.45) is 0 Å². The Morgan fingerprint density at radius 3 is 2.17 bits per heavy atom. The van der Waals surface area contributed by atoms with Crippen molar-refractivity contribution < 1.29 is 8.78 Å². The van der Waals surface area contributed by atoms with Crippen molar-refractivity contribution >= 4 is 0 Å². The van der Waals surface area contributed by atoms with Gasteiger partial charge in [-0.2, -0.15) is 0 Å². The van der Waals surface area contributed by atoms with Gasteiger partial charge < -0.3 is 0 Å². The van der Waals surface area contributed by atoms with Crippen LogP contribution in [0.25, 0.3) is 0 Å². The first-order chi connectivity index (χ1) is 5.13. The second-order valence-corrected chi connectivity index (χ2v) is 2.80. The minimum atomic E-state index is -0.767. The van der Waals surface area contributed by atoms with Gasteiger partial charge in [0.05, 0.1) is 0 Å². The summed E-state index contributed by atoms with van der Waals surface area (Å²) in [5.41, 5.74) is 0.435. The molecule has 1 aromatic carbocycles. The lowest BCUT2D eigenvalue weighted by Gasteiger charge is -2.05. The van der Waals surface area contributed by atoms with Crippen LogP contribution >= 0.6 is 0 Å². The maximum absolute atomic E-state index is 12.9. The average Bonchev–Trinajstić information content (AvgIpc) is 1.94. The molecule has 1 rings (SSSR count). The van der Waals surface area contributed by atoms with Crippen molar-refractivity contribution in [3.8, 4) is 0 Å². The second-order valence-electron chi connectivity index (χ2n) is 2.80. The van der Waals surface area contributed by atoms with Crippen LogP contribution in [-0.2, 0) is 0 Å². The third kappa shape index (κ3) is 2.03. The summed E-state index contributed by atoms with van der Waals surface area (Å²) >= 11 is 0. The predicted molar refractivity (Wildman–Crippen MR) is 47.2 cm³/mol. The van der Waals surface area contributed by atoms with E-state index in [1.165, 1.54) is 6.07 Å². The van der Waals surface area contributed by atoms with E-state index >= 15 is 0 Å². The van der Waals surface area contributed by atoms with Crippen molar-refractivity contribution in [2.45, 2.75) is 27.2 Å². The maximum atomic E-state index is 12.9. The molecule has 0 N–H and O–H groups in total. The summed E-state index contributed by atoms with van der Waals surface area (Å²) in [6.07, 6.45) is 0. The molecule has 0 bridgehead atoms. The SMILES string of the molecule is C.CC(C)c1cccc(F)c1F. The van der Waals surface area contributed by atoms with Crippen LogP contribution in [0.4, 0.5) is 8.78 Å². The summed E-state index contributed by atoms with van der Waals surface area (Å²) in [6, 6.07) is 4.25. The Labute approximate surface area is 72.2 Å². The zero-order valence-electron chi connectivity index (χ0n) is 6.57. The Morgan fingerprint density at radius 1 is 1.17 bits per heavy atom. The average molecular weight is 172 g/mol. The zero-order valence-corrected chi connectivity index (χ0v) is 6.57. The Kier molecular flexibility index (Phi) is 3.87. The lowest BCUT2D eigenvalue weighted by atomic mass is 10.0. The van der Waals surface area contributed by atoms with Crippen molar-refractivity contribution in [1.29, 1.82) is 0 Å². The van der Waals surface area contributed by atoms with E-state index in [-0.39, 0.29) is 13.3 Å². The van der Waals surface area contributed by atoms with Crippen LogP contribution in [0, 0.1) is 11.6 Å². The number of rotatable bonds is 1. The fourth-order valence-electron chi connectivity index (χ4n) is 0.966. The van der Waals surface area contributed by atoms with E-state index in [4.69, 9.17) is 0 Å². The molecule has 0 atom stereocenters. The third-order valence-corrected chi connectivity index (χ3v) is 1.60. The Bertz CT molecular complexity index is 254. The molecule has 0 radical (unpaired) electrons. The molecule has 0 heterocycles. The van der Waals surface area contributed by atoms with E-state index in [1.807, 2.05) is 13.8 Å². The summed E-state index contributed by atoms with van der Waals surface area (Å²) in [5.74, 6) is -1.45. The molecule has 12 heavy (non-hydrogen) atoms. The van der Waals surface area contributed by atoms with Gasteiger partial charge in [-0.25, -0.2) is 8.78 Å². The van der Waals surface area contributed by atoms with E-state index in [9.17, 15) is 8.78 Å². The lowest BCUT2D eigenvalue weighted by molar-refractivity contribution is 0.494. The zero-order chi connectivity index (χ0) is 8.43. The van der Waals surface area contributed by atoms with Crippen molar-refractivity contribution in [3.05, 3.63) is 35.4 Å². The van der Waals surface area contributed by atoms with Crippen molar-refractivity contribution in [3.63, 3.8) is 0 Å². The van der Waals surface area contributed by atoms with E-state index in [0.29, 0.717) is 5.56 Å². The molecule has 0 aromatic heterocycles. The van der Waals surface area contributed by atoms with Gasteiger partial charge in [-0.3, -0.25) is 0 Å². The van der Waals surface area contributed by atoms with Gasteiger partial charge in [0.1, 0.15) is 0 Å². The number of hydrogen-bond acceptors (Lipinski definition) is 0. The summed E-state index contributed by atoms with van der Waals surface area (Å²) < 4.78 is 25.4. The van der Waals surface area contributed by atoms with Crippen LogP contribution in [-0.4, -0.2) is 0 Å². The van der Waals surface area contributed by atoms with Gasteiger partial charge in [-0.1, -0.05) is 33.4 Å². The van der Waals surface area contributed by atoms with Gasteiger partial charge in [-0.15, -0.1) is 0 Å². The molecule has 0 unspecified atom stereocenters. The van der Waals surface area contributed by atoms with Crippen LogP contribution in [0.15, 0.2) is 18.2 Å². The summed E-state index contributed by atoms with van der Waals surface area (Å²) in [5, 5.41) is 0. The van der Waals surface area contributed by atoms with Crippen LogP contribution in [0.3, 0.4) is 0 Å². The van der Waals surface area contributed by atoms with Gasteiger partial charge in [-0.05, 0) is 17.5 Å². The van der Waals surface area contributed by atoms with Crippen LogP contribution < -0.4 is 0 Å². The van der Waals surface area contributed by atoms with Gasteiger partial charge in [0, 0.05) is 0 Å². The summed E-state index contributed by atoms with van der Waals surface area (Å²) in [6.45, 7) is 3.66. The Balaban J connectivity index is 0.00000121. The monoisotopic (exact) mass is 172 g/mol. The molecular formula is C10H14F2. The Hall–Kier alpha value is -0.920. The van der Waals surface area contributed by atoms with Crippen molar-refractivity contribution in [1.82, 2.24) is 0 Å². The normalized spacial score (nSPS) is 9.75. The number of hydrogen-bond donors (Lipinski definition) is 0. The topological polar surface area (TPSA) is 0 Å². The first-order valence-electron chi connectivity index (χ1n) is 3.57. The number of halogens is 2. The lowest BCUT2D eigenvalue weighted by Crippen LogP contribution is -1.95. The maximum Gasteiger partial charge on any atom is 0.162 e. The molecule has 0 fully saturated rings. The molecule has 0 amide bonds. The largest absolute Gasteiger partial charge is 0.204 e. The van der Waals surface area contributed by atoms with E-state index in [0.717, 1.165) is 6.07 Å². The first kappa shape index (κ1) is 11.1. The molecule has 0 aliphatic rings. The van der Waals surface area contributed by atoms with E-state index in [1.54, 1.807) is 6.07 Å². The fraction of sp³-hybridized carbons (Fsp3) is 0.400. The predicted octanol–water partition coefficient (Wildman–Crippen LogP) is 3.72. The molecule has 0 nitrogen and oxygen atoms in total. The summed E-state index contributed by atoms with van der Waals surface area (Å²) in [4.78, 5) is 0. The van der Waals surface area contributed by atoms with Crippen LogP contribution in [0.1, 0.15) is 32.8 Å². The molecule has 0 saturated heterocycles. The molecule has 0 aliphatic carbocycles. The fourth-order valence-corrected chi connectivity index (χ4v) is 0.966. The second kappa shape index (κ2) is 4.19. The van der Waals surface area contributed by atoms with Gasteiger partial charge in [0.15, 0.2) is 11.6 Å². The molecule has 2 heteroatoms. The van der Waals surface area contributed by atoms with Crippen molar-refractivity contribution in [2.75, 3.05) is 0 Å². The van der Waals surface area contributed by atoms with E-state index < -0.39 is 11.6 Å². The van der Waals surface area contributed by atoms with Gasteiger partial charge >= 0.3 is 0 Å². The molecule has 0 saturated carbocycles. The standard InChI is InChI=1S/C9H10F2.CH4/c1-6(2)7-4-3-5-8(10)9(7)11;/h3-6H,1-2H3;1H4. The highest BCUT2D eigenvalue weighted by molar-refractivity contribution is 5.21. The highest BCUT2D eigenvalue weighted by atomic mass is 19.2. The minimum absolute atomic E-state index is 0. The van der Waals surface area contributed by atoms with Gasteiger partial charge in [0.2, 0.25) is 0 Å². The molecule has 1 aromatic rings. The highest BCUT2D eigenvalue weighted by Gasteiger charge is 2.09. The highest BCUT2D eigenvalue weighted by Crippen LogP contribution is 2.19. The molecule has 0 aliphatic heterocycles. The molecule has 0 spiro atoms. The third-order valence-electron chi connectivity index (χ3n) is 1.60. The number of benzene rings is 1. The van der Waals surface area contributed by atoms with Crippen LogP contribution in [0.2, 0.25) is 0 Å². The molecular weight excluding hydrogens is 158 g/mol. The quantitative estimate of drug-likeness (QED) is 0.605. The van der Waals surface area contributed by atoms with Gasteiger partial charge in [0.25, 0.3) is 0 Å².